The van der Waals surface area contributed by atoms with Crippen molar-refractivity contribution in [2.45, 2.75) is 40.0 Å². The van der Waals surface area contributed by atoms with Crippen LogP contribution in [0.1, 0.15) is 40.0 Å². The van der Waals surface area contributed by atoms with Crippen LogP contribution in [0.2, 0.25) is 0 Å². The number of benzene rings is 2. The van der Waals surface area contributed by atoms with Crippen LogP contribution >= 0.6 is 0 Å². The fourth-order valence-electron chi connectivity index (χ4n) is 4.86. The Labute approximate surface area is 210 Å². The average Bonchev–Trinajstić information content (AvgIpc) is 2.83. The second-order valence-corrected chi connectivity index (χ2v) is 10.9. The first-order valence-electron chi connectivity index (χ1n) is 13.1. The van der Waals surface area contributed by atoms with Crippen molar-refractivity contribution in [3.63, 3.8) is 0 Å². The number of aromatic nitrogens is 1. The van der Waals surface area contributed by atoms with E-state index in [-0.39, 0.29) is 11.3 Å². The minimum atomic E-state index is 0.0514. The van der Waals surface area contributed by atoms with Crippen molar-refractivity contribution >= 4 is 33.4 Å². The molecule has 1 fully saturated rings. The molecule has 0 aliphatic carbocycles. The standard InChI is InChI=1S/C29H41N5O/c1-29(2,3)22-27(35)30-14-8-16-33-18-20-34(21-19-33)17-9-15-31-28-23-10-4-6-12-25(23)32-26-13-7-5-11-24(26)28/h4-7,10-13H,8-9,14-22H2,1-3H3,(H,30,35)(H,31,32). The number of carbonyl (C=O) groups excluding carboxylic acids is 1. The van der Waals surface area contributed by atoms with Gasteiger partial charge in [-0.1, -0.05) is 57.2 Å². The van der Waals surface area contributed by atoms with Crippen molar-refractivity contribution in [2.24, 2.45) is 5.41 Å². The van der Waals surface area contributed by atoms with Crippen LogP contribution < -0.4 is 10.6 Å². The van der Waals surface area contributed by atoms with E-state index in [2.05, 4.69) is 89.7 Å². The third-order valence-electron chi connectivity index (χ3n) is 6.67. The predicted molar refractivity (Wildman–Crippen MR) is 147 cm³/mol. The summed E-state index contributed by atoms with van der Waals surface area (Å²) >= 11 is 0. The van der Waals surface area contributed by atoms with Gasteiger partial charge in [0.15, 0.2) is 0 Å². The zero-order chi connectivity index (χ0) is 24.7. The van der Waals surface area contributed by atoms with E-state index >= 15 is 0 Å². The molecule has 35 heavy (non-hydrogen) atoms. The van der Waals surface area contributed by atoms with Gasteiger partial charge in [-0.3, -0.25) is 4.79 Å². The number of pyridine rings is 1. The van der Waals surface area contributed by atoms with Crippen molar-refractivity contribution in [3.05, 3.63) is 48.5 Å². The number of nitrogens with one attached hydrogen (secondary N) is 2. The maximum Gasteiger partial charge on any atom is 0.220 e. The second-order valence-electron chi connectivity index (χ2n) is 10.9. The average molecular weight is 476 g/mol. The van der Waals surface area contributed by atoms with Crippen LogP contribution in [-0.4, -0.2) is 73.0 Å². The first-order chi connectivity index (χ1) is 16.9. The zero-order valence-corrected chi connectivity index (χ0v) is 21.6. The van der Waals surface area contributed by atoms with Crippen LogP contribution in [0.25, 0.3) is 21.8 Å². The van der Waals surface area contributed by atoms with Crippen LogP contribution in [0.15, 0.2) is 48.5 Å². The highest BCUT2D eigenvalue weighted by molar-refractivity contribution is 6.07. The summed E-state index contributed by atoms with van der Waals surface area (Å²) in [6, 6.07) is 16.8. The van der Waals surface area contributed by atoms with Gasteiger partial charge in [-0.2, -0.15) is 0 Å². The van der Waals surface area contributed by atoms with Gasteiger partial charge in [-0.25, -0.2) is 4.98 Å². The lowest BCUT2D eigenvalue weighted by Gasteiger charge is -2.34. The summed E-state index contributed by atoms with van der Waals surface area (Å²) in [5.74, 6) is 0.170. The molecule has 6 nitrogen and oxygen atoms in total. The molecule has 4 rings (SSSR count). The van der Waals surface area contributed by atoms with Gasteiger partial charge in [0.2, 0.25) is 5.91 Å². The Morgan fingerprint density at radius 3 is 1.89 bits per heavy atom. The third-order valence-corrected chi connectivity index (χ3v) is 6.67. The van der Waals surface area contributed by atoms with Gasteiger partial charge in [-0.05, 0) is 43.5 Å². The number of nitrogens with zero attached hydrogens (tertiary/aromatic N) is 3. The SMILES string of the molecule is CC(C)(C)CC(=O)NCCCN1CCN(CCCNc2c3ccccc3nc3ccccc23)CC1. The smallest absolute Gasteiger partial charge is 0.220 e. The van der Waals surface area contributed by atoms with Crippen molar-refractivity contribution in [3.8, 4) is 0 Å². The van der Waals surface area contributed by atoms with Gasteiger partial charge in [0, 0.05) is 56.5 Å². The Hall–Kier alpha value is -2.70. The molecule has 0 atom stereocenters. The number of fused-ring (bicyclic) bond motifs is 2. The molecular formula is C29H41N5O. The summed E-state index contributed by atoms with van der Waals surface area (Å²) in [4.78, 5) is 21.9. The summed E-state index contributed by atoms with van der Waals surface area (Å²) in [5, 5.41) is 9.17. The van der Waals surface area contributed by atoms with Gasteiger partial charge in [0.05, 0.1) is 16.7 Å². The summed E-state index contributed by atoms with van der Waals surface area (Å²) in [5.41, 5.74) is 3.33. The van der Waals surface area contributed by atoms with E-state index in [1.54, 1.807) is 0 Å². The zero-order valence-electron chi connectivity index (χ0n) is 21.6. The van der Waals surface area contributed by atoms with Gasteiger partial charge in [-0.15, -0.1) is 0 Å². The minimum absolute atomic E-state index is 0.0514. The number of hydrogen-bond acceptors (Lipinski definition) is 5. The van der Waals surface area contributed by atoms with E-state index in [1.165, 1.54) is 16.5 Å². The molecule has 1 aromatic heterocycles. The number of hydrogen-bond donors (Lipinski definition) is 2. The lowest BCUT2D eigenvalue weighted by atomic mass is 9.92. The first-order valence-corrected chi connectivity index (χ1v) is 13.1. The normalized spacial score (nSPS) is 15.5. The molecule has 0 saturated carbocycles. The monoisotopic (exact) mass is 475 g/mol. The molecule has 0 unspecified atom stereocenters. The molecule has 2 heterocycles. The van der Waals surface area contributed by atoms with Crippen LogP contribution in [0, 0.1) is 5.41 Å². The maximum atomic E-state index is 12.0. The molecule has 0 radical (unpaired) electrons. The van der Waals surface area contributed by atoms with E-state index in [4.69, 9.17) is 4.98 Å². The molecule has 1 aliphatic heterocycles. The topological polar surface area (TPSA) is 60.5 Å². The molecule has 0 spiro atoms. The van der Waals surface area contributed by atoms with Gasteiger partial charge < -0.3 is 20.4 Å². The second kappa shape index (κ2) is 11.8. The number of para-hydroxylation sites is 2. The van der Waals surface area contributed by atoms with E-state index in [1.807, 2.05) is 0 Å². The van der Waals surface area contributed by atoms with Crippen molar-refractivity contribution in [1.29, 1.82) is 0 Å². The highest BCUT2D eigenvalue weighted by Gasteiger charge is 2.17. The lowest BCUT2D eigenvalue weighted by Crippen LogP contribution is -2.47. The fourth-order valence-corrected chi connectivity index (χ4v) is 4.86. The molecule has 2 aromatic carbocycles. The summed E-state index contributed by atoms with van der Waals surface area (Å²) < 4.78 is 0. The number of rotatable bonds is 10. The summed E-state index contributed by atoms with van der Waals surface area (Å²) in [7, 11) is 0. The lowest BCUT2D eigenvalue weighted by molar-refractivity contribution is -0.122. The van der Waals surface area contributed by atoms with Gasteiger partial charge in [0.25, 0.3) is 0 Å². The Bertz CT molecular complexity index is 1060. The van der Waals surface area contributed by atoms with Crippen molar-refractivity contribution < 1.29 is 4.79 Å². The third kappa shape index (κ3) is 7.39. The molecule has 6 heteroatoms. The summed E-state index contributed by atoms with van der Waals surface area (Å²) in [6.07, 6.45) is 2.73. The van der Waals surface area contributed by atoms with Crippen molar-refractivity contribution in [2.75, 3.05) is 57.7 Å². The number of carbonyl (C=O) groups is 1. The number of anilines is 1. The first kappa shape index (κ1) is 25.4. The van der Waals surface area contributed by atoms with Gasteiger partial charge >= 0.3 is 0 Å². The molecule has 2 N–H and O–H groups in total. The Morgan fingerprint density at radius 2 is 1.34 bits per heavy atom. The Kier molecular flexibility index (Phi) is 8.58. The molecule has 0 bridgehead atoms. The quantitative estimate of drug-likeness (QED) is 0.327. The van der Waals surface area contributed by atoms with E-state index in [0.29, 0.717) is 6.42 Å². The molecule has 188 valence electrons. The molecule has 1 saturated heterocycles. The van der Waals surface area contributed by atoms with E-state index < -0.39 is 0 Å². The molecule has 1 aliphatic rings. The van der Waals surface area contributed by atoms with Gasteiger partial charge in [0.1, 0.15) is 0 Å². The largest absolute Gasteiger partial charge is 0.384 e. The van der Waals surface area contributed by atoms with Crippen LogP contribution in [0.5, 0.6) is 0 Å². The Balaban J connectivity index is 1.16. The predicted octanol–water partition coefficient (Wildman–Crippen LogP) is 4.75. The van der Waals surface area contributed by atoms with Crippen molar-refractivity contribution in [1.82, 2.24) is 20.1 Å². The molecule has 1 amide bonds. The van der Waals surface area contributed by atoms with Crippen LogP contribution in [0.3, 0.4) is 0 Å². The number of piperazine rings is 1. The maximum absolute atomic E-state index is 12.0. The highest BCUT2D eigenvalue weighted by atomic mass is 16.1. The van der Waals surface area contributed by atoms with E-state index in [0.717, 1.165) is 76.2 Å². The molecular weight excluding hydrogens is 434 g/mol. The summed E-state index contributed by atoms with van der Waals surface area (Å²) in [6.45, 7) is 14.7. The Morgan fingerprint density at radius 1 is 0.829 bits per heavy atom. The van der Waals surface area contributed by atoms with E-state index in [9.17, 15) is 4.79 Å². The highest BCUT2D eigenvalue weighted by Crippen LogP contribution is 2.30. The van der Waals surface area contributed by atoms with Crippen LogP contribution in [-0.2, 0) is 4.79 Å². The van der Waals surface area contributed by atoms with Crippen LogP contribution in [0.4, 0.5) is 5.69 Å². The molecule has 3 aromatic rings. The number of amides is 1. The minimum Gasteiger partial charge on any atom is -0.384 e. The fraction of sp³-hybridized carbons (Fsp3) is 0.517.